The lowest BCUT2D eigenvalue weighted by molar-refractivity contribution is 0.249. The largest absolute Gasteiger partial charge is 0.476 e. The van der Waals surface area contributed by atoms with Gasteiger partial charge < -0.3 is 9.64 Å². The van der Waals surface area contributed by atoms with Gasteiger partial charge in [0.2, 0.25) is 5.88 Å². The van der Waals surface area contributed by atoms with Crippen molar-refractivity contribution in [1.29, 1.82) is 0 Å². The molecule has 7 heteroatoms. The summed E-state index contributed by atoms with van der Waals surface area (Å²) in [5.41, 5.74) is 3.02. The second kappa shape index (κ2) is 6.72. The van der Waals surface area contributed by atoms with Gasteiger partial charge in [0.1, 0.15) is 18.0 Å². The predicted molar refractivity (Wildman–Crippen MR) is 99.4 cm³/mol. The molecule has 0 N–H and O–H groups in total. The number of anilines is 1. The second-order valence-corrected chi connectivity index (χ2v) is 7.28. The average Bonchev–Trinajstić information content (AvgIpc) is 3.34. The van der Waals surface area contributed by atoms with Crippen molar-refractivity contribution in [2.45, 2.75) is 25.7 Å². The molecule has 6 nitrogen and oxygen atoms in total. The molecule has 0 amide bonds. The molecule has 0 saturated carbocycles. The summed E-state index contributed by atoms with van der Waals surface area (Å²) in [5.74, 6) is 1.60. The molecule has 3 heterocycles. The van der Waals surface area contributed by atoms with E-state index in [4.69, 9.17) is 4.74 Å². The lowest BCUT2D eigenvalue weighted by atomic mass is 10.1. The molecule has 1 atom stereocenters. The van der Waals surface area contributed by atoms with E-state index < -0.39 is 0 Å². The van der Waals surface area contributed by atoms with Gasteiger partial charge in [-0.1, -0.05) is 0 Å². The summed E-state index contributed by atoms with van der Waals surface area (Å²) < 4.78 is 19.4. The van der Waals surface area contributed by atoms with Gasteiger partial charge in [0, 0.05) is 36.5 Å². The standard InChI is InChI=1S/C20H20FN5O/c21-15-4-5-16-18(9-15)22-12-23-20(16)26-7-6-13(10-26)11-27-19-8-14-2-1-3-17(14)24-25-19/h4-5,8-9,12-13H,1-3,6-7,10-11H2. The van der Waals surface area contributed by atoms with Crippen LogP contribution in [0.2, 0.25) is 0 Å². The summed E-state index contributed by atoms with van der Waals surface area (Å²) in [6.07, 6.45) is 5.77. The van der Waals surface area contributed by atoms with E-state index in [1.807, 2.05) is 6.07 Å². The fourth-order valence-electron chi connectivity index (χ4n) is 4.01. The quantitative estimate of drug-likeness (QED) is 0.708. The summed E-state index contributed by atoms with van der Waals surface area (Å²) in [7, 11) is 0. The van der Waals surface area contributed by atoms with Gasteiger partial charge in [0.15, 0.2) is 0 Å². The van der Waals surface area contributed by atoms with Crippen molar-refractivity contribution >= 4 is 16.7 Å². The molecule has 2 aromatic heterocycles. The van der Waals surface area contributed by atoms with E-state index in [9.17, 15) is 4.39 Å². The molecule has 3 aromatic rings. The molecule has 1 aliphatic carbocycles. The Kier molecular flexibility index (Phi) is 4.07. The van der Waals surface area contributed by atoms with Gasteiger partial charge in [-0.3, -0.25) is 0 Å². The molecule has 1 saturated heterocycles. The zero-order valence-electron chi connectivity index (χ0n) is 14.9. The number of benzene rings is 1. The molecule has 2 aliphatic rings. The number of fused-ring (bicyclic) bond motifs is 2. The molecule has 0 spiro atoms. The van der Waals surface area contributed by atoms with Gasteiger partial charge in [-0.25, -0.2) is 14.4 Å². The van der Waals surface area contributed by atoms with Crippen LogP contribution in [0.4, 0.5) is 10.2 Å². The number of aryl methyl sites for hydroxylation is 2. The minimum absolute atomic E-state index is 0.282. The molecular formula is C20H20FN5O. The van der Waals surface area contributed by atoms with Crippen molar-refractivity contribution in [3.8, 4) is 5.88 Å². The Morgan fingerprint density at radius 2 is 2.11 bits per heavy atom. The van der Waals surface area contributed by atoms with Gasteiger partial charge in [0.25, 0.3) is 0 Å². The van der Waals surface area contributed by atoms with Crippen LogP contribution >= 0.6 is 0 Å². The maximum atomic E-state index is 13.5. The van der Waals surface area contributed by atoms with Crippen LogP contribution in [0.15, 0.2) is 30.6 Å². The van der Waals surface area contributed by atoms with Crippen LogP contribution in [0, 0.1) is 11.7 Å². The topological polar surface area (TPSA) is 64.0 Å². The average molecular weight is 365 g/mol. The Hall–Kier alpha value is -2.83. The molecule has 1 unspecified atom stereocenters. The van der Waals surface area contributed by atoms with Crippen LogP contribution in [0.25, 0.3) is 10.9 Å². The smallest absolute Gasteiger partial charge is 0.233 e. The molecule has 1 aliphatic heterocycles. The van der Waals surface area contributed by atoms with Gasteiger partial charge in [0.05, 0.1) is 17.8 Å². The fourth-order valence-corrected chi connectivity index (χ4v) is 4.01. The third-order valence-electron chi connectivity index (χ3n) is 5.43. The van der Waals surface area contributed by atoms with E-state index in [1.54, 1.807) is 6.07 Å². The van der Waals surface area contributed by atoms with Crippen LogP contribution in [-0.4, -0.2) is 39.9 Å². The highest BCUT2D eigenvalue weighted by molar-refractivity contribution is 5.89. The third-order valence-corrected chi connectivity index (χ3v) is 5.43. The Morgan fingerprint density at radius 1 is 1.15 bits per heavy atom. The molecule has 5 rings (SSSR count). The molecule has 138 valence electrons. The van der Waals surface area contributed by atoms with Gasteiger partial charge in [-0.2, -0.15) is 5.10 Å². The van der Waals surface area contributed by atoms with Crippen molar-refractivity contribution in [3.63, 3.8) is 0 Å². The highest BCUT2D eigenvalue weighted by Crippen LogP contribution is 2.29. The normalized spacial score (nSPS) is 18.9. The van der Waals surface area contributed by atoms with Gasteiger partial charge in [-0.05, 0) is 43.4 Å². The van der Waals surface area contributed by atoms with Crippen molar-refractivity contribution < 1.29 is 9.13 Å². The number of aromatic nitrogens is 4. The lowest BCUT2D eigenvalue weighted by Crippen LogP contribution is -2.23. The summed E-state index contributed by atoms with van der Waals surface area (Å²) in [4.78, 5) is 10.8. The lowest BCUT2D eigenvalue weighted by Gasteiger charge is -2.19. The van der Waals surface area contributed by atoms with Crippen LogP contribution in [0.5, 0.6) is 5.88 Å². The maximum absolute atomic E-state index is 13.5. The summed E-state index contributed by atoms with van der Waals surface area (Å²) in [6.45, 7) is 2.36. The zero-order valence-corrected chi connectivity index (χ0v) is 14.9. The van der Waals surface area contributed by atoms with E-state index in [-0.39, 0.29) is 5.82 Å². The highest BCUT2D eigenvalue weighted by atomic mass is 19.1. The number of nitrogens with zero attached hydrogens (tertiary/aromatic N) is 5. The third kappa shape index (κ3) is 3.18. The first-order valence-corrected chi connectivity index (χ1v) is 9.40. The van der Waals surface area contributed by atoms with Crippen molar-refractivity contribution in [3.05, 3.63) is 47.7 Å². The van der Waals surface area contributed by atoms with Crippen LogP contribution in [-0.2, 0) is 12.8 Å². The second-order valence-electron chi connectivity index (χ2n) is 7.28. The highest BCUT2D eigenvalue weighted by Gasteiger charge is 2.26. The number of ether oxygens (including phenoxy) is 1. The summed E-state index contributed by atoms with van der Waals surface area (Å²) in [6, 6.07) is 6.70. The zero-order chi connectivity index (χ0) is 18.2. The van der Waals surface area contributed by atoms with E-state index in [2.05, 4.69) is 25.1 Å². The number of rotatable bonds is 4. The number of halogens is 1. The first-order valence-electron chi connectivity index (χ1n) is 9.40. The minimum atomic E-state index is -0.282. The van der Waals surface area contributed by atoms with Crippen LogP contribution in [0.1, 0.15) is 24.1 Å². The molecule has 0 bridgehead atoms. The van der Waals surface area contributed by atoms with Crippen molar-refractivity contribution in [2.24, 2.45) is 5.92 Å². The monoisotopic (exact) mass is 365 g/mol. The van der Waals surface area contributed by atoms with Crippen LogP contribution in [0.3, 0.4) is 0 Å². The maximum Gasteiger partial charge on any atom is 0.233 e. The van der Waals surface area contributed by atoms with Gasteiger partial charge in [-0.15, -0.1) is 5.10 Å². The number of hydrogen-bond acceptors (Lipinski definition) is 6. The van der Waals surface area contributed by atoms with Crippen molar-refractivity contribution in [2.75, 3.05) is 24.6 Å². The van der Waals surface area contributed by atoms with Crippen LogP contribution < -0.4 is 9.64 Å². The van der Waals surface area contributed by atoms with Crippen molar-refractivity contribution in [1.82, 2.24) is 20.2 Å². The molecule has 1 fully saturated rings. The minimum Gasteiger partial charge on any atom is -0.476 e. The molecule has 1 aromatic carbocycles. The summed E-state index contributed by atoms with van der Waals surface area (Å²) in [5, 5.41) is 9.35. The first-order chi connectivity index (χ1) is 13.3. The molecule has 27 heavy (non-hydrogen) atoms. The van der Waals surface area contributed by atoms with E-state index >= 15 is 0 Å². The van der Waals surface area contributed by atoms with E-state index in [0.717, 1.165) is 55.7 Å². The predicted octanol–water partition coefficient (Wildman–Crippen LogP) is 2.95. The molecule has 0 radical (unpaired) electrons. The number of hydrogen-bond donors (Lipinski definition) is 0. The Bertz CT molecular complexity index is 995. The van der Waals surface area contributed by atoms with E-state index in [0.29, 0.717) is 23.9 Å². The first kappa shape index (κ1) is 16.4. The fraction of sp³-hybridized carbons (Fsp3) is 0.400. The Balaban J connectivity index is 1.27. The van der Waals surface area contributed by atoms with Gasteiger partial charge >= 0.3 is 0 Å². The SMILES string of the molecule is Fc1ccc2c(N3CCC(COc4cc5c(nn4)CCC5)C3)ncnc2c1. The van der Waals surface area contributed by atoms with E-state index in [1.165, 1.54) is 24.0 Å². The summed E-state index contributed by atoms with van der Waals surface area (Å²) >= 11 is 0. The Morgan fingerprint density at radius 3 is 3.07 bits per heavy atom. The Labute approximate surface area is 156 Å². The molecular weight excluding hydrogens is 345 g/mol.